The lowest BCUT2D eigenvalue weighted by atomic mass is 10.1. The smallest absolute Gasteiger partial charge is 0.252 e. The number of rotatable bonds is 6. The van der Waals surface area contributed by atoms with Crippen molar-refractivity contribution in [3.8, 4) is 17.3 Å². The Morgan fingerprint density at radius 1 is 1.06 bits per heavy atom. The van der Waals surface area contributed by atoms with Crippen LogP contribution in [0.15, 0.2) is 60.8 Å². The van der Waals surface area contributed by atoms with E-state index in [9.17, 15) is 9.59 Å². The van der Waals surface area contributed by atoms with Gasteiger partial charge in [0.1, 0.15) is 12.4 Å². The van der Waals surface area contributed by atoms with E-state index in [1.165, 1.54) is 0 Å². The number of anilines is 1. The van der Waals surface area contributed by atoms with Gasteiger partial charge in [0.2, 0.25) is 5.91 Å². The predicted molar refractivity (Wildman–Crippen MR) is 121 cm³/mol. The molecular formula is C25H23N5O2. The molecular weight excluding hydrogens is 402 g/mol. The zero-order valence-corrected chi connectivity index (χ0v) is 17.6. The molecule has 0 saturated carbocycles. The number of benzene rings is 2. The third-order valence-electron chi connectivity index (χ3n) is 5.41. The van der Waals surface area contributed by atoms with E-state index in [4.69, 9.17) is 5.26 Å². The Hall–Kier alpha value is -4.05. The molecule has 3 aromatic rings. The van der Waals surface area contributed by atoms with Crippen LogP contribution < -0.4 is 10.2 Å². The molecule has 2 heterocycles. The van der Waals surface area contributed by atoms with Crippen molar-refractivity contribution in [2.45, 2.75) is 25.7 Å². The molecule has 7 heteroatoms. The summed E-state index contributed by atoms with van der Waals surface area (Å²) in [5.74, 6) is 0.602. The van der Waals surface area contributed by atoms with Crippen LogP contribution in [-0.2, 0) is 11.2 Å². The van der Waals surface area contributed by atoms with Gasteiger partial charge in [0, 0.05) is 42.4 Å². The Balaban J connectivity index is 1.45. The number of carbonyl (C=O) groups excluding carboxylic acids is 2. The molecule has 0 aliphatic carbocycles. The standard InChI is InChI=1S/C25H23N5O2/c26-13-15-28-25(32)20-8-6-19(7-9-20)22-12-14-27-23(29-22)17-18-4-10-21(11-5-18)30-16-2-1-3-24(30)31/h4-12,14H,1-3,15-17H2,(H,28,32). The highest BCUT2D eigenvalue weighted by atomic mass is 16.2. The lowest BCUT2D eigenvalue weighted by molar-refractivity contribution is -0.119. The molecule has 0 unspecified atom stereocenters. The molecule has 1 aliphatic rings. The molecule has 1 fully saturated rings. The fourth-order valence-corrected chi connectivity index (χ4v) is 3.71. The van der Waals surface area contributed by atoms with E-state index in [2.05, 4.69) is 15.3 Å². The third-order valence-corrected chi connectivity index (χ3v) is 5.41. The van der Waals surface area contributed by atoms with Crippen LogP contribution in [0.2, 0.25) is 0 Å². The van der Waals surface area contributed by atoms with E-state index >= 15 is 0 Å². The molecule has 0 radical (unpaired) electrons. The van der Waals surface area contributed by atoms with Crippen molar-refractivity contribution in [2.24, 2.45) is 0 Å². The molecule has 2 amide bonds. The summed E-state index contributed by atoms with van der Waals surface area (Å²) in [5.41, 5.74) is 4.15. The topological polar surface area (TPSA) is 99.0 Å². The van der Waals surface area contributed by atoms with E-state index < -0.39 is 0 Å². The molecule has 1 saturated heterocycles. The number of hydrogen-bond donors (Lipinski definition) is 1. The van der Waals surface area contributed by atoms with Crippen molar-refractivity contribution in [1.82, 2.24) is 15.3 Å². The third kappa shape index (κ3) is 4.98. The zero-order chi connectivity index (χ0) is 22.3. The molecule has 1 aromatic heterocycles. The van der Waals surface area contributed by atoms with Gasteiger partial charge in [0.15, 0.2) is 0 Å². The first-order chi connectivity index (χ1) is 15.6. The molecule has 32 heavy (non-hydrogen) atoms. The fraction of sp³-hybridized carbons (Fsp3) is 0.240. The maximum atomic E-state index is 12.1. The Kier molecular flexibility index (Phi) is 6.52. The highest BCUT2D eigenvalue weighted by Crippen LogP contribution is 2.22. The lowest BCUT2D eigenvalue weighted by Gasteiger charge is -2.26. The molecule has 2 aromatic carbocycles. The molecule has 1 aliphatic heterocycles. The number of piperidine rings is 1. The summed E-state index contributed by atoms with van der Waals surface area (Å²) in [6, 6.07) is 18.8. The summed E-state index contributed by atoms with van der Waals surface area (Å²) in [6.07, 6.45) is 4.94. The van der Waals surface area contributed by atoms with Gasteiger partial charge in [-0.3, -0.25) is 9.59 Å². The number of nitriles is 1. The maximum absolute atomic E-state index is 12.1. The second-order valence-corrected chi connectivity index (χ2v) is 7.62. The number of carbonyl (C=O) groups is 2. The van der Waals surface area contributed by atoms with Crippen LogP contribution in [0, 0.1) is 11.3 Å². The van der Waals surface area contributed by atoms with Gasteiger partial charge in [-0.15, -0.1) is 0 Å². The highest BCUT2D eigenvalue weighted by molar-refractivity contribution is 5.95. The number of nitrogens with zero attached hydrogens (tertiary/aromatic N) is 4. The second-order valence-electron chi connectivity index (χ2n) is 7.62. The Morgan fingerprint density at radius 2 is 1.84 bits per heavy atom. The molecule has 0 atom stereocenters. The minimum Gasteiger partial charge on any atom is -0.339 e. The number of hydrogen-bond acceptors (Lipinski definition) is 5. The monoisotopic (exact) mass is 425 g/mol. The molecule has 160 valence electrons. The molecule has 0 bridgehead atoms. The SMILES string of the molecule is N#CCNC(=O)c1ccc(-c2ccnc(Cc3ccc(N4CCCCC4=O)cc3)n2)cc1. The van der Waals surface area contributed by atoms with Crippen LogP contribution in [0.1, 0.15) is 41.0 Å². The summed E-state index contributed by atoms with van der Waals surface area (Å²) in [5, 5.41) is 11.1. The predicted octanol–water partition coefficient (Wildman–Crippen LogP) is 3.50. The molecule has 7 nitrogen and oxygen atoms in total. The van der Waals surface area contributed by atoms with Gasteiger partial charge >= 0.3 is 0 Å². The Morgan fingerprint density at radius 3 is 2.56 bits per heavy atom. The molecule has 4 rings (SSSR count). The van der Waals surface area contributed by atoms with Crippen molar-refractivity contribution >= 4 is 17.5 Å². The van der Waals surface area contributed by atoms with Gasteiger partial charge in [0.25, 0.3) is 5.91 Å². The van der Waals surface area contributed by atoms with E-state index in [1.54, 1.807) is 18.3 Å². The van der Waals surface area contributed by atoms with Crippen LogP contribution >= 0.6 is 0 Å². The Bertz CT molecular complexity index is 1150. The van der Waals surface area contributed by atoms with Gasteiger partial charge in [-0.2, -0.15) is 5.26 Å². The minimum atomic E-state index is -0.281. The van der Waals surface area contributed by atoms with Gasteiger partial charge in [-0.1, -0.05) is 24.3 Å². The quantitative estimate of drug-likeness (QED) is 0.610. The normalized spacial score (nSPS) is 13.5. The first-order valence-corrected chi connectivity index (χ1v) is 10.6. The lowest BCUT2D eigenvalue weighted by Crippen LogP contribution is -2.35. The van der Waals surface area contributed by atoms with Crippen molar-refractivity contribution < 1.29 is 9.59 Å². The summed E-state index contributed by atoms with van der Waals surface area (Å²) in [7, 11) is 0. The Labute approximate surface area is 186 Å². The van der Waals surface area contributed by atoms with E-state index in [0.29, 0.717) is 24.2 Å². The van der Waals surface area contributed by atoms with Gasteiger partial charge in [-0.05, 0) is 48.7 Å². The van der Waals surface area contributed by atoms with Gasteiger partial charge in [0.05, 0.1) is 11.8 Å². The summed E-state index contributed by atoms with van der Waals surface area (Å²) < 4.78 is 0. The fourth-order valence-electron chi connectivity index (χ4n) is 3.71. The maximum Gasteiger partial charge on any atom is 0.252 e. The van der Waals surface area contributed by atoms with E-state index in [-0.39, 0.29) is 18.4 Å². The first kappa shape index (κ1) is 21.2. The average molecular weight is 425 g/mol. The van der Waals surface area contributed by atoms with Gasteiger partial charge in [-0.25, -0.2) is 9.97 Å². The van der Waals surface area contributed by atoms with E-state index in [1.807, 2.05) is 53.4 Å². The van der Waals surface area contributed by atoms with Crippen LogP contribution in [0.4, 0.5) is 5.69 Å². The van der Waals surface area contributed by atoms with Crippen LogP contribution in [0.5, 0.6) is 0 Å². The zero-order valence-electron chi connectivity index (χ0n) is 17.6. The number of aromatic nitrogens is 2. The van der Waals surface area contributed by atoms with Crippen LogP contribution in [0.3, 0.4) is 0 Å². The van der Waals surface area contributed by atoms with Crippen molar-refractivity contribution in [1.29, 1.82) is 5.26 Å². The van der Waals surface area contributed by atoms with Crippen molar-refractivity contribution in [3.63, 3.8) is 0 Å². The van der Waals surface area contributed by atoms with Crippen LogP contribution in [0.25, 0.3) is 11.3 Å². The van der Waals surface area contributed by atoms with Gasteiger partial charge < -0.3 is 10.2 Å². The number of nitrogens with one attached hydrogen (secondary N) is 1. The van der Waals surface area contributed by atoms with E-state index in [0.717, 1.165) is 41.9 Å². The molecule has 0 spiro atoms. The molecule has 1 N–H and O–H groups in total. The highest BCUT2D eigenvalue weighted by Gasteiger charge is 2.19. The van der Waals surface area contributed by atoms with Crippen molar-refractivity contribution in [2.75, 3.05) is 18.0 Å². The summed E-state index contributed by atoms with van der Waals surface area (Å²) in [6.45, 7) is 0.757. The first-order valence-electron chi connectivity index (χ1n) is 10.6. The summed E-state index contributed by atoms with van der Waals surface area (Å²) in [4.78, 5) is 35.0. The second kappa shape index (κ2) is 9.84. The minimum absolute atomic E-state index is 0.0226. The largest absolute Gasteiger partial charge is 0.339 e. The van der Waals surface area contributed by atoms with Crippen molar-refractivity contribution in [3.05, 3.63) is 77.7 Å². The average Bonchev–Trinajstić information content (AvgIpc) is 2.84. The number of amides is 2. The summed E-state index contributed by atoms with van der Waals surface area (Å²) >= 11 is 0. The van der Waals surface area contributed by atoms with Crippen LogP contribution in [-0.4, -0.2) is 34.9 Å².